The Balaban J connectivity index is 2.39. The van der Waals surface area contributed by atoms with Crippen LogP contribution in [0.25, 0.3) is 0 Å². The summed E-state index contributed by atoms with van der Waals surface area (Å²) < 4.78 is 6.15. The maximum Gasteiger partial charge on any atom is 0.251 e. The van der Waals surface area contributed by atoms with E-state index in [1.165, 1.54) is 0 Å². The summed E-state index contributed by atoms with van der Waals surface area (Å²) in [5.41, 5.74) is -0.0540. The molecule has 0 bridgehead atoms. The summed E-state index contributed by atoms with van der Waals surface area (Å²) >= 11 is 0. The molecule has 4 atom stereocenters. The topological polar surface area (TPSA) is 52.4 Å². The standard InChI is InChI=1S/C17H23NO3/c1-5-14-11-15(13-9-7-6-8-10-13)21-16(12(2)3)17(14,4)18(19)20/h5-10,12,14-16H,1,11H2,2-4H3/t14-,15-,16-,17-/m0/s1. The lowest BCUT2D eigenvalue weighted by atomic mass is 9.71. The summed E-state index contributed by atoms with van der Waals surface area (Å²) in [5.74, 6) is -0.145. The maximum atomic E-state index is 11.7. The Hall–Kier alpha value is -1.68. The Kier molecular flexibility index (Phi) is 4.47. The lowest BCUT2D eigenvalue weighted by Crippen LogP contribution is -2.58. The van der Waals surface area contributed by atoms with Crippen LogP contribution in [0.5, 0.6) is 0 Å². The minimum atomic E-state index is -1.12. The summed E-state index contributed by atoms with van der Waals surface area (Å²) in [6.45, 7) is 9.45. The van der Waals surface area contributed by atoms with E-state index in [-0.39, 0.29) is 22.9 Å². The molecule has 0 spiro atoms. The molecule has 0 unspecified atom stereocenters. The van der Waals surface area contributed by atoms with Crippen LogP contribution in [0.15, 0.2) is 43.0 Å². The van der Waals surface area contributed by atoms with E-state index >= 15 is 0 Å². The second-order valence-corrected chi connectivity index (χ2v) is 6.26. The molecular weight excluding hydrogens is 266 g/mol. The van der Waals surface area contributed by atoms with Crippen molar-refractivity contribution < 1.29 is 9.66 Å². The molecule has 1 heterocycles. The molecule has 4 heteroatoms. The quantitative estimate of drug-likeness (QED) is 0.478. The van der Waals surface area contributed by atoms with E-state index in [4.69, 9.17) is 4.74 Å². The summed E-state index contributed by atoms with van der Waals surface area (Å²) in [7, 11) is 0. The third kappa shape index (κ3) is 2.72. The van der Waals surface area contributed by atoms with E-state index in [9.17, 15) is 10.1 Å². The van der Waals surface area contributed by atoms with Crippen LogP contribution in [-0.2, 0) is 4.74 Å². The van der Waals surface area contributed by atoms with Crippen molar-refractivity contribution in [2.24, 2.45) is 11.8 Å². The van der Waals surface area contributed by atoms with E-state index < -0.39 is 11.6 Å². The van der Waals surface area contributed by atoms with Gasteiger partial charge in [0.25, 0.3) is 5.54 Å². The number of ether oxygens (including phenoxy) is 1. The highest BCUT2D eigenvalue weighted by Gasteiger charge is 2.57. The van der Waals surface area contributed by atoms with Crippen molar-refractivity contribution in [3.8, 4) is 0 Å². The predicted molar refractivity (Wildman–Crippen MR) is 82.6 cm³/mol. The first-order chi connectivity index (χ1) is 9.91. The van der Waals surface area contributed by atoms with Crippen LogP contribution < -0.4 is 0 Å². The van der Waals surface area contributed by atoms with Gasteiger partial charge in [0, 0.05) is 11.8 Å². The third-order valence-electron chi connectivity index (χ3n) is 4.56. The zero-order valence-corrected chi connectivity index (χ0v) is 12.9. The summed E-state index contributed by atoms with van der Waals surface area (Å²) in [4.78, 5) is 11.5. The van der Waals surface area contributed by atoms with Gasteiger partial charge in [0.15, 0.2) is 0 Å². The second kappa shape index (κ2) is 5.98. The van der Waals surface area contributed by atoms with Gasteiger partial charge < -0.3 is 4.74 Å². The zero-order chi connectivity index (χ0) is 15.6. The Morgan fingerprint density at radius 1 is 1.43 bits per heavy atom. The SMILES string of the molecule is C=C[C@H]1C[C@@H](c2ccccc2)O[C@@H](C(C)C)[C@@]1(C)[N+](=O)[O-]. The molecule has 4 nitrogen and oxygen atoms in total. The van der Waals surface area contributed by atoms with Gasteiger partial charge in [-0.15, -0.1) is 6.58 Å². The maximum absolute atomic E-state index is 11.7. The third-order valence-corrected chi connectivity index (χ3v) is 4.56. The molecule has 1 aromatic carbocycles. The number of benzene rings is 1. The van der Waals surface area contributed by atoms with Crippen LogP contribution in [0.4, 0.5) is 0 Å². The van der Waals surface area contributed by atoms with Gasteiger partial charge in [-0.25, -0.2) is 0 Å². The number of rotatable bonds is 4. The fraction of sp³-hybridized carbons (Fsp3) is 0.529. The minimum Gasteiger partial charge on any atom is -0.363 e. The van der Waals surface area contributed by atoms with Gasteiger partial charge in [0.1, 0.15) is 6.10 Å². The van der Waals surface area contributed by atoms with Crippen LogP contribution in [0.1, 0.15) is 38.9 Å². The van der Waals surface area contributed by atoms with E-state index in [0.29, 0.717) is 6.42 Å². The van der Waals surface area contributed by atoms with E-state index in [0.717, 1.165) is 5.56 Å². The van der Waals surface area contributed by atoms with Gasteiger partial charge in [-0.3, -0.25) is 10.1 Å². The van der Waals surface area contributed by atoms with Crippen LogP contribution in [0, 0.1) is 22.0 Å². The Morgan fingerprint density at radius 3 is 2.52 bits per heavy atom. The van der Waals surface area contributed by atoms with Crippen molar-refractivity contribution in [2.75, 3.05) is 0 Å². The first kappa shape index (κ1) is 15.7. The van der Waals surface area contributed by atoms with Crippen molar-refractivity contribution >= 4 is 0 Å². The highest BCUT2D eigenvalue weighted by atomic mass is 16.6. The summed E-state index contributed by atoms with van der Waals surface area (Å²) in [6, 6.07) is 9.91. The van der Waals surface area contributed by atoms with Crippen LogP contribution in [0.2, 0.25) is 0 Å². The Morgan fingerprint density at radius 2 is 2.05 bits per heavy atom. The number of hydrogen-bond acceptors (Lipinski definition) is 3. The molecule has 0 N–H and O–H groups in total. The molecule has 0 radical (unpaired) electrons. The fourth-order valence-electron chi connectivity index (χ4n) is 3.34. The van der Waals surface area contributed by atoms with Gasteiger partial charge in [0.05, 0.1) is 12.0 Å². The smallest absolute Gasteiger partial charge is 0.251 e. The average molecular weight is 289 g/mol. The molecule has 0 amide bonds. The van der Waals surface area contributed by atoms with E-state index in [2.05, 4.69) is 6.58 Å². The number of nitro groups is 1. The normalized spacial score (nSPS) is 32.9. The predicted octanol–water partition coefficient (Wildman–Crippen LogP) is 4.01. The average Bonchev–Trinajstić information content (AvgIpc) is 2.47. The van der Waals surface area contributed by atoms with E-state index in [1.807, 2.05) is 44.2 Å². The Labute approximate surface area is 126 Å². The molecule has 21 heavy (non-hydrogen) atoms. The highest BCUT2D eigenvalue weighted by Crippen LogP contribution is 2.45. The Bertz CT molecular complexity index is 514. The van der Waals surface area contributed by atoms with Gasteiger partial charge in [0.2, 0.25) is 0 Å². The molecule has 0 aliphatic carbocycles. The largest absolute Gasteiger partial charge is 0.363 e. The van der Waals surface area contributed by atoms with Gasteiger partial charge in [-0.2, -0.15) is 0 Å². The van der Waals surface area contributed by atoms with Crippen molar-refractivity contribution in [1.82, 2.24) is 0 Å². The zero-order valence-electron chi connectivity index (χ0n) is 12.9. The van der Waals surface area contributed by atoms with Crippen LogP contribution >= 0.6 is 0 Å². The van der Waals surface area contributed by atoms with Gasteiger partial charge >= 0.3 is 0 Å². The van der Waals surface area contributed by atoms with Crippen molar-refractivity contribution in [1.29, 1.82) is 0 Å². The van der Waals surface area contributed by atoms with Crippen molar-refractivity contribution in [2.45, 2.75) is 44.9 Å². The summed E-state index contributed by atoms with van der Waals surface area (Å²) in [6.07, 6.45) is 1.76. The molecule has 1 aliphatic heterocycles. The lowest BCUT2D eigenvalue weighted by Gasteiger charge is -2.44. The number of nitrogens with zero attached hydrogens (tertiary/aromatic N) is 1. The van der Waals surface area contributed by atoms with Crippen molar-refractivity contribution in [3.05, 3.63) is 58.7 Å². The monoisotopic (exact) mass is 289 g/mol. The molecule has 0 saturated carbocycles. The molecule has 1 saturated heterocycles. The number of hydrogen-bond donors (Lipinski definition) is 0. The molecule has 1 aliphatic rings. The fourth-order valence-corrected chi connectivity index (χ4v) is 3.34. The highest BCUT2D eigenvalue weighted by molar-refractivity contribution is 5.20. The molecule has 2 rings (SSSR count). The van der Waals surface area contributed by atoms with Crippen LogP contribution in [-0.4, -0.2) is 16.6 Å². The van der Waals surface area contributed by atoms with Crippen molar-refractivity contribution in [3.63, 3.8) is 0 Å². The van der Waals surface area contributed by atoms with Crippen LogP contribution in [0.3, 0.4) is 0 Å². The first-order valence-electron chi connectivity index (χ1n) is 7.38. The van der Waals surface area contributed by atoms with Gasteiger partial charge in [-0.1, -0.05) is 50.3 Å². The molecule has 1 fully saturated rings. The lowest BCUT2D eigenvalue weighted by molar-refractivity contribution is -0.597. The molecule has 1 aromatic rings. The second-order valence-electron chi connectivity index (χ2n) is 6.26. The first-order valence-corrected chi connectivity index (χ1v) is 7.38. The molecule has 114 valence electrons. The van der Waals surface area contributed by atoms with Gasteiger partial charge in [-0.05, 0) is 17.9 Å². The van der Waals surface area contributed by atoms with E-state index in [1.54, 1.807) is 13.0 Å². The summed E-state index contributed by atoms with van der Waals surface area (Å²) in [5, 5.41) is 11.7. The molecule has 0 aromatic heterocycles. The molecular formula is C17H23NO3. The minimum absolute atomic E-state index is 0.0642.